The summed E-state index contributed by atoms with van der Waals surface area (Å²) in [6.45, 7) is 2.06. The molecular formula is C16H22O3. The van der Waals surface area contributed by atoms with Crippen molar-refractivity contribution < 1.29 is 14.3 Å². The number of carbonyl (C=O) groups excluding carboxylic acids is 2. The quantitative estimate of drug-likeness (QED) is 0.446. The standard InChI is InChI=1S/C16H22O3/c1-3-10-16(15(18)19-4-2)11-9-12-7-5-6-8-13(12)14(16)17/h1,12-13H,4-11H2,2H3. The van der Waals surface area contributed by atoms with Crippen LogP contribution in [0.4, 0.5) is 0 Å². The Kier molecular flexibility index (Phi) is 4.29. The van der Waals surface area contributed by atoms with Crippen molar-refractivity contribution in [2.75, 3.05) is 6.61 Å². The van der Waals surface area contributed by atoms with Crippen molar-refractivity contribution in [3.63, 3.8) is 0 Å². The van der Waals surface area contributed by atoms with Crippen LogP contribution >= 0.6 is 0 Å². The van der Waals surface area contributed by atoms with Crippen molar-refractivity contribution in [3.8, 4) is 12.3 Å². The highest BCUT2D eigenvalue weighted by molar-refractivity contribution is 6.05. The van der Waals surface area contributed by atoms with E-state index >= 15 is 0 Å². The molecule has 3 nitrogen and oxygen atoms in total. The van der Waals surface area contributed by atoms with Gasteiger partial charge in [-0.1, -0.05) is 12.8 Å². The summed E-state index contributed by atoms with van der Waals surface area (Å²) in [5.41, 5.74) is -1.05. The summed E-state index contributed by atoms with van der Waals surface area (Å²) in [6.07, 6.45) is 11.4. The molecule has 2 aliphatic carbocycles. The van der Waals surface area contributed by atoms with Crippen molar-refractivity contribution in [1.82, 2.24) is 0 Å². The molecule has 2 rings (SSSR count). The summed E-state index contributed by atoms with van der Waals surface area (Å²) in [4.78, 5) is 25.0. The molecule has 19 heavy (non-hydrogen) atoms. The molecule has 0 N–H and O–H groups in total. The third kappa shape index (κ3) is 2.41. The summed E-state index contributed by atoms with van der Waals surface area (Å²) in [5.74, 6) is 2.66. The summed E-state index contributed by atoms with van der Waals surface area (Å²) in [7, 11) is 0. The van der Waals surface area contributed by atoms with Crippen molar-refractivity contribution >= 4 is 11.8 Å². The SMILES string of the molecule is C#CCC1(C(=O)OCC)CCC2CCCCC2C1=O. The van der Waals surface area contributed by atoms with Crippen LogP contribution in [-0.2, 0) is 14.3 Å². The molecule has 104 valence electrons. The number of esters is 1. The Hall–Kier alpha value is -1.30. The molecule has 0 aliphatic heterocycles. The molecule has 0 aromatic heterocycles. The molecule has 2 saturated carbocycles. The van der Waals surface area contributed by atoms with Crippen LogP contribution in [0.25, 0.3) is 0 Å². The van der Waals surface area contributed by atoms with Gasteiger partial charge in [0, 0.05) is 12.3 Å². The van der Waals surface area contributed by atoms with Crippen LogP contribution in [0, 0.1) is 29.6 Å². The minimum Gasteiger partial charge on any atom is -0.465 e. The smallest absolute Gasteiger partial charge is 0.320 e. The lowest BCUT2D eigenvalue weighted by Crippen LogP contribution is -2.50. The minimum absolute atomic E-state index is 0.0280. The third-order valence-corrected chi connectivity index (χ3v) is 4.73. The van der Waals surface area contributed by atoms with Crippen LogP contribution in [0.3, 0.4) is 0 Å². The average Bonchev–Trinajstić information content (AvgIpc) is 2.43. The van der Waals surface area contributed by atoms with Gasteiger partial charge in [0.15, 0.2) is 5.78 Å². The number of hydrogen-bond donors (Lipinski definition) is 0. The molecule has 0 amide bonds. The van der Waals surface area contributed by atoms with E-state index in [4.69, 9.17) is 11.2 Å². The molecule has 0 aromatic carbocycles. The minimum atomic E-state index is -1.05. The van der Waals surface area contributed by atoms with E-state index in [0.29, 0.717) is 18.9 Å². The second kappa shape index (κ2) is 5.77. The summed E-state index contributed by atoms with van der Waals surface area (Å²) < 4.78 is 5.13. The van der Waals surface area contributed by atoms with Crippen molar-refractivity contribution in [2.24, 2.45) is 17.3 Å². The van der Waals surface area contributed by atoms with E-state index in [-0.39, 0.29) is 18.1 Å². The van der Waals surface area contributed by atoms with Crippen molar-refractivity contribution in [3.05, 3.63) is 0 Å². The maximum absolute atomic E-state index is 12.8. The van der Waals surface area contributed by atoms with E-state index in [9.17, 15) is 9.59 Å². The first-order valence-electron chi connectivity index (χ1n) is 7.30. The fourth-order valence-electron chi connectivity index (χ4n) is 3.70. The second-order valence-electron chi connectivity index (χ2n) is 5.74. The molecule has 0 bridgehead atoms. The van der Waals surface area contributed by atoms with Crippen LogP contribution < -0.4 is 0 Å². The van der Waals surface area contributed by atoms with Crippen LogP contribution in [-0.4, -0.2) is 18.4 Å². The van der Waals surface area contributed by atoms with Gasteiger partial charge in [-0.2, -0.15) is 0 Å². The van der Waals surface area contributed by atoms with Crippen LogP contribution in [0.1, 0.15) is 51.9 Å². The zero-order valence-electron chi connectivity index (χ0n) is 11.6. The topological polar surface area (TPSA) is 43.4 Å². The summed E-state index contributed by atoms with van der Waals surface area (Å²) in [6, 6.07) is 0. The second-order valence-corrected chi connectivity index (χ2v) is 5.74. The van der Waals surface area contributed by atoms with Gasteiger partial charge in [-0.25, -0.2) is 0 Å². The van der Waals surface area contributed by atoms with Gasteiger partial charge in [-0.05, 0) is 38.5 Å². The number of terminal acetylenes is 1. The molecule has 0 aromatic rings. The van der Waals surface area contributed by atoms with Crippen LogP contribution in [0.2, 0.25) is 0 Å². The highest BCUT2D eigenvalue weighted by atomic mass is 16.5. The van der Waals surface area contributed by atoms with Crippen LogP contribution in [0.15, 0.2) is 0 Å². The highest BCUT2D eigenvalue weighted by Gasteiger charge is 2.54. The fourth-order valence-corrected chi connectivity index (χ4v) is 3.70. The lowest BCUT2D eigenvalue weighted by molar-refractivity contribution is -0.166. The predicted octanol–water partition coefficient (Wildman–Crippen LogP) is 2.73. The molecule has 0 spiro atoms. The Morgan fingerprint density at radius 3 is 2.84 bits per heavy atom. The molecule has 0 radical (unpaired) electrons. The van der Waals surface area contributed by atoms with E-state index in [1.807, 2.05) is 0 Å². The monoisotopic (exact) mass is 262 g/mol. The summed E-state index contributed by atoms with van der Waals surface area (Å²) in [5, 5.41) is 0. The molecule has 0 heterocycles. The molecule has 0 saturated heterocycles. The number of ketones is 1. The normalized spacial score (nSPS) is 34.2. The number of rotatable bonds is 3. The van der Waals surface area contributed by atoms with Gasteiger partial charge in [-0.15, -0.1) is 12.3 Å². The van der Waals surface area contributed by atoms with E-state index < -0.39 is 11.4 Å². The van der Waals surface area contributed by atoms with E-state index in [2.05, 4.69) is 5.92 Å². The fraction of sp³-hybridized carbons (Fsp3) is 0.750. The molecule has 3 heteroatoms. The maximum Gasteiger partial charge on any atom is 0.320 e. The lowest BCUT2D eigenvalue weighted by atomic mass is 9.59. The number of Topliss-reactive ketones (excluding diaryl/α,β-unsaturated/α-hetero) is 1. The predicted molar refractivity (Wildman–Crippen MR) is 72.2 cm³/mol. The summed E-state index contributed by atoms with van der Waals surface area (Å²) >= 11 is 0. The highest BCUT2D eigenvalue weighted by Crippen LogP contribution is 2.47. The van der Waals surface area contributed by atoms with Crippen molar-refractivity contribution in [1.29, 1.82) is 0 Å². The van der Waals surface area contributed by atoms with Gasteiger partial charge in [-0.3, -0.25) is 9.59 Å². The van der Waals surface area contributed by atoms with Gasteiger partial charge in [0.2, 0.25) is 0 Å². The lowest BCUT2D eigenvalue weighted by Gasteiger charge is -2.42. The number of fused-ring (bicyclic) bond motifs is 1. The van der Waals surface area contributed by atoms with E-state index in [1.54, 1.807) is 6.92 Å². The third-order valence-electron chi connectivity index (χ3n) is 4.73. The molecule has 3 atom stereocenters. The molecular weight excluding hydrogens is 240 g/mol. The molecule has 2 aliphatic rings. The zero-order chi connectivity index (χ0) is 13.9. The Morgan fingerprint density at radius 1 is 1.42 bits per heavy atom. The largest absolute Gasteiger partial charge is 0.465 e. The van der Waals surface area contributed by atoms with Gasteiger partial charge in [0.1, 0.15) is 5.41 Å². The molecule has 3 unspecified atom stereocenters. The Labute approximate surface area is 115 Å². The Balaban J connectivity index is 2.26. The number of carbonyl (C=O) groups is 2. The van der Waals surface area contributed by atoms with Gasteiger partial charge >= 0.3 is 5.97 Å². The first-order valence-corrected chi connectivity index (χ1v) is 7.30. The maximum atomic E-state index is 12.8. The molecule has 2 fully saturated rings. The number of hydrogen-bond acceptors (Lipinski definition) is 3. The first kappa shape index (κ1) is 14.1. The van der Waals surface area contributed by atoms with Gasteiger partial charge < -0.3 is 4.74 Å². The average molecular weight is 262 g/mol. The Bertz CT molecular complexity index is 407. The first-order chi connectivity index (χ1) is 9.15. The van der Waals surface area contributed by atoms with Crippen molar-refractivity contribution in [2.45, 2.75) is 51.9 Å². The zero-order valence-corrected chi connectivity index (χ0v) is 11.6. The van der Waals surface area contributed by atoms with E-state index in [1.165, 1.54) is 6.42 Å². The van der Waals surface area contributed by atoms with Gasteiger partial charge in [0.25, 0.3) is 0 Å². The van der Waals surface area contributed by atoms with Crippen LogP contribution in [0.5, 0.6) is 0 Å². The number of ether oxygens (including phenoxy) is 1. The van der Waals surface area contributed by atoms with E-state index in [0.717, 1.165) is 25.7 Å². The van der Waals surface area contributed by atoms with Gasteiger partial charge in [0.05, 0.1) is 6.61 Å². The Morgan fingerprint density at radius 2 is 2.16 bits per heavy atom.